The summed E-state index contributed by atoms with van der Waals surface area (Å²) in [5.74, 6) is 0.0920. The average Bonchev–Trinajstić information content (AvgIpc) is 2.88. The van der Waals surface area contributed by atoms with E-state index in [2.05, 4.69) is 23.4 Å². The van der Waals surface area contributed by atoms with Gasteiger partial charge in [-0.1, -0.05) is 19.1 Å². The molecule has 116 valence electrons. The van der Waals surface area contributed by atoms with Crippen LogP contribution in [0.1, 0.15) is 32.3 Å². The van der Waals surface area contributed by atoms with Crippen LogP contribution in [0.3, 0.4) is 0 Å². The van der Waals surface area contributed by atoms with Crippen molar-refractivity contribution in [2.24, 2.45) is 0 Å². The summed E-state index contributed by atoms with van der Waals surface area (Å²) in [6.45, 7) is 4.96. The Bertz CT molecular complexity index is 730. The highest BCUT2D eigenvalue weighted by Crippen LogP contribution is 2.30. The molecule has 22 heavy (non-hydrogen) atoms. The fraction of sp³-hybridized carbons (Fsp3) is 0.438. The van der Waals surface area contributed by atoms with E-state index < -0.39 is 5.54 Å². The molecule has 0 aliphatic carbocycles. The lowest BCUT2D eigenvalue weighted by atomic mass is 9.86. The fourth-order valence-electron chi connectivity index (χ4n) is 2.91. The first-order valence-corrected chi connectivity index (χ1v) is 7.54. The number of nitrogens with zero attached hydrogens (tertiary/aromatic N) is 3. The fourth-order valence-corrected chi connectivity index (χ4v) is 2.91. The van der Waals surface area contributed by atoms with Crippen LogP contribution in [0.5, 0.6) is 0 Å². The quantitative estimate of drug-likeness (QED) is 0.911. The summed E-state index contributed by atoms with van der Waals surface area (Å²) in [7, 11) is 1.62. The van der Waals surface area contributed by atoms with Gasteiger partial charge in [-0.2, -0.15) is 5.10 Å². The van der Waals surface area contributed by atoms with Crippen LogP contribution < -0.4 is 5.32 Å². The van der Waals surface area contributed by atoms with E-state index in [1.54, 1.807) is 7.05 Å². The highest BCUT2D eigenvalue weighted by molar-refractivity contribution is 5.99. The van der Waals surface area contributed by atoms with Crippen LogP contribution in [0.2, 0.25) is 0 Å². The predicted octanol–water partition coefficient (Wildman–Crippen LogP) is 2.05. The Hall–Kier alpha value is -2.37. The van der Waals surface area contributed by atoms with E-state index >= 15 is 0 Å². The highest BCUT2D eigenvalue weighted by atomic mass is 16.2. The Labute approximate surface area is 129 Å². The molecule has 1 aliphatic rings. The van der Waals surface area contributed by atoms with Gasteiger partial charge in [-0.05, 0) is 25.0 Å². The molecule has 3 rings (SSSR count). The molecule has 1 atom stereocenters. The molecule has 6 nitrogen and oxygen atoms in total. The van der Waals surface area contributed by atoms with Gasteiger partial charge in [0.15, 0.2) is 5.96 Å². The molecule has 1 aromatic heterocycles. The van der Waals surface area contributed by atoms with Crippen molar-refractivity contribution in [2.45, 2.75) is 38.8 Å². The molecule has 1 fully saturated rings. The van der Waals surface area contributed by atoms with Gasteiger partial charge in [0.25, 0.3) is 0 Å². The first-order chi connectivity index (χ1) is 10.4. The SMILES string of the molecule is CCCn1ncc2ccc([C@]3(C)CC(=O)N(C)C(=N)N3)cc21. The maximum atomic E-state index is 12.1. The zero-order valence-corrected chi connectivity index (χ0v) is 13.2. The molecule has 6 heteroatoms. The van der Waals surface area contributed by atoms with Gasteiger partial charge >= 0.3 is 0 Å². The van der Waals surface area contributed by atoms with Gasteiger partial charge in [-0.3, -0.25) is 19.8 Å². The third-order valence-electron chi connectivity index (χ3n) is 4.33. The number of amides is 1. The van der Waals surface area contributed by atoms with Crippen molar-refractivity contribution < 1.29 is 4.79 Å². The zero-order valence-electron chi connectivity index (χ0n) is 13.2. The molecule has 1 aromatic carbocycles. The Morgan fingerprint density at radius 2 is 2.23 bits per heavy atom. The summed E-state index contributed by atoms with van der Waals surface area (Å²) < 4.78 is 1.99. The minimum atomic E-state index is -0.559. The van der Waals surface area contributed by atoms with Gasteiger partial charge in [-0.25, -0.2) is 0 Å². The number of guanidine groups is 1. The van der Waals surface area contributed by atoms with Crippen LogP contribution in [0, 0.1) is 5.41 Å². The number of hydrogen-bond donors (Lipinski definition) is 2. The van der Waals surface area contributed by atoms with E-state index in [0.29, 0.717) is 6.42 Å². The number of hydrogen-bond acceptors (Lipinski definition) is 3. The number of carbonyl (C=O) groups excluding carboxylic acids is 1. The third-order valence-corrected chi connectivity index (χ3v) is 4.33. The monoisotopic (exact) mass is 299 g/mol. The minimum absolute atomic E-state index is 0.0478. The van der Waals surface area contributed by atoms with Crippen LogP contribution in [0.25, 0.3) is 10.9 Å². The van der Waals surface area contributed by atoms with Crippen molar-refractivity contribution in [3.8, 4) is 0 Å². The lowest BCUT2D eigenvalue weighted by Gasteiger charge is -2.39. The molecule has 0 bridgehead atoms. The van der Waals surface area contributed by atoms with Crippen molar-refractivity contribution in [2.75, 3.05) is 7.05 Å². The molecular weight excluding hydrogens is 278 g/mol. The number of aryl methyl sites for hydroxylation is 1. The molecule has 2 aromatic rings. The average molecular weight is 299 g/mol. The summed E-state index contributed by atoms with van der Waals surface area (Å²) in [4.78, 5) is 13.5. The summed E-state index contributed by atoms with van der Waals surface area (Å²) >= 11 is 0. The third kappa shape index (κ3) is 2.24. The maximum Gasteiger partial charge on any atom is 0.231 e. The van der Waals surface area contributed by atoms with E-state index in [0.717, 1.165) is 29.4 Å². The van der Waals surface area contributed by atoms with Gasteiger partial charge in [0.05, 0.1) is 23.7 Å². The van der Waals surface area contributed by atoms with Crippen molar-refractivity contribution in [1.82, 2.24) is 20.0 Å². The highest BCUT2D eigenvalue weighted by Gasteiger charge is 2.38. The maximum absolute atomic E-state index is 12.1. The summed E-state index contributed by atoms with van der Waals surface area (Å²) in [6, 6.07) is 6.12. The van der Waals surface area contributed by atoms with E-state index in [9.17, 15) is 4.79 Å². The second-order valence-corrected chi connectivity index (χ2v) is 6.08. The minimum Gasteiger partial charge on any atom is -0.346 e. The molecule has 0 saturated carbocycles. The van der Waals surface area contributed by atoms with E-state index in [-0.39, 0.29) is 11.9 Å². The molecule has 2 N–H and O–H groups in total. The topological polar surface area (TPSA) is 74.0 Å². The van der Waals surface area contributed by atoms with E-state index in [1.807, 2.05) is 29.9 Å². The standard InChI is InChI=1S/C16H21N5O/c1-4-7-21-13-8-12(6-5-11(13)10-18-21)16(2)9-14(22)20(3)15(17)19-16/h5-6,8,10H,4,7,9H2,1-3H3,(H2,17,19)/t16-/m0/s1. The largest absolute Gasteiger partial charge is 0.346 e. The van der Waals surface area contributed by atoms with Gasteiger partial charge in [0.1, 0.15) is 0 Å². The number of benzene rings is 1. The Balaban J connectivity index is 2.03. The van der Waals surface area contributed by atoms with Gasteiger partial charge in [0, 0.05) is 19.0 Å². The second-order valence-electron chi connectivity index (χ2n) is 6.08. The molecule has 1 aliphatic heterocycles. The number of rotatable bonds is 3. The van der Waals surface area contributed by atoms with Crippen molar-refractivity contribution >= 4 is 22.8 Å². The van der Waals surface area contributed by atoms with Crippen LogP contribution in [0.15, 0.2) is 24.4 Å². The molecule has 1 saturated heterocycles. The smallest absolute Gasteiger partial charge is 0.231 e. The number of nitrogens with one attached hydrogen (secondary N) is 2. The van der Waals surface area contributed by atoms with E-state index in [1.165, 1.54) is 4.90 Å². The van der Waals surface area contributed by atoms with Gasteiger partial charge < -0.3 is 5.32 Å². The Morgan fingerprint density at radius 1 is 1.45 bits per heavy atom. The Kier molecular flexibility index (Phi) is 3.39. The number of carbonyl (C=O) groups is 1. The van der Waals surface area contributed by atoms with Crippen LogP contribution >= 0.6 is 0 Å². The summed E-state index contributed by atoms with van der Waals surface area (Å²) in [5.41, 5.74) is 1.51. The molecule has 1 amide bonds. The van der Waals surface area contributed by atoms with Crippen LogP contribution in [-0.2, 0) is 16.9 Å². The normalized spacial score (nSPS) is 22.2. The zero-order chi connectivity index (χ0) is 15.9. The first-order valence-electron chi connectivity index (χ1n) is 7.54. The predicted molar refractivity (Wildman–Crippen MR) is 85.6 cm³/mol. The van der Waals surface area contributed by atoms with Gasteiger partial charge in [0.2, 0.25) is 5.91 Å². The van der Waals surface area contributed by atoms with E-state index in [4.69, 9.17) is 5.41 Å². The molecule has 2 heterocycles. The first kappa shape index (κ1) is 14.6. The molecular formula is C16H21N5O. The number of fused-ring (bicyclic) bond motifs is 1. The summed E-state index contributed by atoms with van der Waals surface area (Å²) in [5, 5.41) is 16.6. The van der Waals surface area contributed by atoms with Crippen molar-refractivity contribution in [3.05, 3.63) is 30.0 Å². The van der Waals surface area contributed by atoms with Crippen molar-refractivity contribution in [3.63, 3.8) is 0 Å². The lowest BCUT2D eigenvalue weighted by molar-refractivity contribution is -0.129. The second kappa shape index (κ2) is 5.12. The Morgan fingerprint density at radius 3 is 2.91 bits per heavy atom. The van der Waals surface area contributed by atoms with Crippen LogP contribution in [-0.4, -0.2) is 33.6 Å². The molecule has 0 radical (unpaired) electrons. The van der Waals surface area contributed by atoms with Gasteiger partial charge in [-0.15, -0.1) is 0 Å². The lowest BCUT2D eigenvalue weighted by Crippen LogP contribution is -2.58. The van der Waals surface area contributed by atoms with Crippen molar-refractivity contribution in [1.29, 1.82) is 5.41 Å². The summed E-state index contributed by atoms with van der Waals surface area (Å²) in [6.07, 6.45) is 3.22. The molecule has 0 unspecified atom stereocenters. The molecule has 0 spiro atoms. The number of aromatic nitrogens is 2. The van der Waals surface area contributed by atoms with Crippen LogP contribution in [0.4, 0.5) is 0 Å².